The van der Waals surface area contributed by atoms with Gasteiger partial charge < -0.3 is 15.7 Å². The van der Waals surface area contributed by atoms with Gasteiger partial charge in [0.2, 0.25) is 0 Å². The Labute approximate surface area is 122 Å². The molecule has 1 saturated carbocycles. The average molecular weight is 293 g/mol. The van der Waals surface area contributed by atoms with Crippen molar-refractivity contribution >= 4 is 17.5 Å². The molecule has 1 aliphatic rings. The van der Waals surface area contributed by atoms with Crippen LogP contribution >= 0.6 is 0 Å². The smallest absolute Gasteiger partial charge is 0.404 e. The van der Waals surface area contributed by atoms with E-state index in [1.807, 2.05) is 0 Å². The fourth-order valence-electron chi connectivity index (χ4n) is 2.72. The van der Waals surface area contributed by atoms with Gasteiger partial charge in [-0.2, -0.15) is 0 Å². The third-order valence-corrected chi connectivity index (χ3v) is 3.86. The normalized spacial score (nSPS) is 21.5. The molecule has 7 nitrogen and oxygen atoms in total. The van der Waals surface area contributed by atoms with Crippen LogP contribution in [0, 0.1) is 16.0 Å². The number of carbonyl (C=O) groups is 1. The number of hydrogen-bond donors (Lipinski definition) is 3. The highest BCUT2D eigenvalue weighted by atomic mass is 16.6. The number of rotatable bonds is 5. The van der Waals surface area contributed by atoms with Crippen LogP contribution < -0.4 is 10.6 Å². The lowest BCUT2D eigenvalue weighted by Gasteiger charge is -2.28. The summed E-state index contributed by atoms with van der Waals surface area (Å²) < 4.78 is 0. The number of nitrogens with one attached hydrogen (secondary N) is 2. The summed E-state index contributed by atoms with van der Waals surface area (Å²) in [6, 6.07) is 6.63. The molecule has 0 atom stereocenters. The van der Waals surface area contributed by atoms with Gasteiger partial charge in [-0.3, -0.25) is 10.1 Å². The van der Waals surface area contributed by atoms with Crippen molar-refractivity contribution < 1.29 is 14.8 Å². The van der Waals surface area contributed by atoms with Crippen molar-refractivity contribution in [3.05, 3.63) is 34.4 Å². The maximum Gasteiger partial charge on any atom is 0.404 e. The summed E-state index contributed by atoms with van der Waals surface area (Å²) in [6.07, 6.45) is 2.49. The molecular formula is C14H19N3O4. The van der Waals surface area contributed by atoms with Gasteiger partial charge in [-0.1, -0.05) is 12.1 Å². The number of nitro groups is 1. The number of nitro benzene ring substituents is 1. The molecule has 0 unspecified atom stereocenters. The summed E-state index contributed by atoms with van der Waals surface area (Å²) in [6.45, 7) is 0.671. The fourth-order valence-corrected chi connectivity index (χ4v) is 2.72. The minimum Gasteiger partial charge on any atom is -0.465 e. The first-order chi connectivity index (χ1) is 10.1. The molecule has 1 aromatic carbocycles. The van der Waals surface area contributed by atoms with Gasteiger partial charge in [0, 0.05) is 18.7 Å². The number of para-hydroxylation sites is 2. The molecule has 1 amide bonds. The second-order valence-electron chi connectivity index (χ2n) is 5.32. The van der Waals surface area contributed by atoms with Crippen molar-refractivity contribution in [1.82, 2.24) is 5.32 Å². The summed E-state index contributed by atoms with van der Waals surface area (Å²) in [7, 11) is 0. The number of nitrogens with zero attached hydrogens (tertiary/aromatic N) is 1. The molecule has 114 valence electrons. The van der Waals surface area contributed by atoms with Crippen LogP contribution in [0.1, 0.15) is 25.7 Å². The van der Waals surface area contributed by atoms with Crippen LogP contribution in [0.2, 0.25) is 0 Å². The van der Waals surface area contributed by atoms with Crippen LogP contribution in [0.25, 0.3) is 0 Å². The molecular weight excluding hydrogens is 274 g/mol. The molecule has 1 aromatic rings. The first-order valence-corrected chi connectivity index (χ1v) is 7.03. The highest BCUT2D eigenvalue weighted by molar-refractivity contribution is 5.64. The van der Waals surface area contributed by atoms with Crippen molar-refractivity contribution in [1.29, 1.82) is 0 Å². The average Bonchev–Trinajstić information content (AvgIpc) is 2.46. The van der Waals surface area contributed by atoms with Gasteiger partial charge in [0.25, 0.3) is 5.69 Å². The van der Waals surface area contributed by atoms with Crippen LogP contribution in [0.15, 0.2) is 24.3 Å². The van der Waals surface area contributed by atoms with Gasteiger partial charge >= 0.3 is 6.09 Å². The maximum atomic E-state index is 10.9. The van der Waals surface area contributed by atoms with Gasteiger partial charge in [0.15, 0.2) is 0 Å². The van der Waals surface area contributed by atoms with Crippen molar-refractivity contribution in [2.24, 2.45) is 5.92 Å². The lowest BCUT2D eigenvalue weighted by molar-refractivity contribution is -0.384. The van der Waals surface area contributed by atoms with Crippen molar-refractivity contribution in [3.63, 3.8) is 0 Å². The number of amides is 1. The van der Waals surface area contributed by atoms with Crippen molar-refractivity contribution in [2.75, 3.05) is 11.9 Å². The molecule has 0 spiro atoms. The molecule has 0 heterocycles. The summed E-state index contributed by atoms with van der Waals surface area (Å²) in [5.74, 6) is 0.414. The standard InChI is InChI=1S/C14H19N3O4/c18-14(19)16-11-7-5-10(6-8-11)9-15-12-3-1-2-4-13(12)17(20)21/h1-4,10-11,15-16H,5-9H2,(H,18,19). The minimum atomic E-state index is -0.975. The Morgan fingerprint density at radius 1 is 1.29 bits per heavy atom. The largest absolute Gasteiger partial charge is 0.465 e. The summed E-state index contributed by atoms with van der Waals surface area (Å²) in [5.41, 5.74) is 0.618. The number of benzene rings is 1. The van der Waals surface area contributed by atoms with Crippen LogP contribution in [0.4, 0.5) is 16.2 Å². The van der Waals surface area contributed by atoms with Gasteiger partial charge in [-0.05, 0) is 37.7 Å². The van der Waals surface area contributed by atoms with E-state index in [1.54, 1.807) is 18.2 Å². The van der Waals surface area contributed by atoms with Gasteiger partial charge in [0.1, 0.15) is 5.69 Å². The number of hydrogen-bond acceptors (Lipinski definition) is 4. The first kappa shape index (κ1) is 15.1. The van der Waals surface area contributed by atoms with E-state index in [0.29, 0.717) is 18.2 Å². The molecule has 0 radical (unpaired) electrons. The lowest BCUT2D eigenvalue weighted by atomic mass is 9.86. The predicted molar refractivity (Wildman–Crippen MR) is 78.5 cm³/mol. The zero-order valence-corrected chi connectivity index (χ0v) is 11.6. The van der Waals surface area contributed by atoms with E-state index in [0.717, 1.165) is 25.7 Å². The third-order valence-electron chi connectivity index (χ3n) is 3.86. The first-order valence-electron chi connectivity index (χ1n) is 7.03. The van der Waals surface area contributed by atoms with Crippen LogP contribution in [0.3, 0.4) is 0 Å². The molecule has 3 N–H and O–H groups in total. The molecule has 0 saturated heterocycles. The van der Waals surface area contributed by atoms with Gasteiger partial charge in [0.05, 0.1) is 4.92 Å². The third kappa shape index (κ3) is 4.34. The van der Waals surface area contributed by atoms with Gasteiger partial charge in [-0.15, -0.1) is 0 Å². The maximum absolute atomic E-state index is 10.9. The van der Waals surface area contributed by atoms with E-state index in [9.17, 15) is 14.9 Å². The Morgan fingerprint density at radius 3 is 2.57 bits per heavy atom. The van der Waals surface area contributed by atoms with Crippen LogP contribution in [-0.4, -0.2) is 28.7 Å². The van der Waals surface area contributed by atoms with E-state index >= 15 is 0 Å². The van der Waals surface area contributed by atoms with E-state index in [4.69, 9.17) is 5.11 Å². The molecule has 0 aromatic heterocycles. The molecule has 0 aliphatic heterocycles. The van der Waals surface area contributed by atoms with Crippen molar-refractivity contribution in [3.8, 4) is 0 Å². The van der Waals surface area contributed by atoms with Gasteiger partial charge in [-0.25, -0.2) is 4.79 Å². The monoisotopic (exact) mass is 293 g/mol. The quantitative estimate of drug-likeness (QED) is 0.572. The summed E-state index contributed by atoms with van der Waals surface area (Å²) >= 11 is 0. The predicted octanol–water partition coefficient (Wildman–Crippen LogP) is 2.83. The lowest BCUT2D eigenvalue weighted by Crippen LogP contribution is -2.37. The molecule has 1 fully saturated rings. The fraction of sp³-hybridized carbons (Fsp3) is 0.500. The zero-order valence-electron chi connectivity index (χ0n) is 11.6. The molecule has 1 aliphatic carbocycles. The Kier molecular flexibility index (Phi) is 4.97. The SMILES string of the molecule is O=C(O)NC1CCC(CNc2ccccc2[N+](=O)[O-])CC1. The number of anilines is 1. The number of carboxylic acid groups (broad SMARTS) is 1. The summed E-state index contributed by atoms with van der Waals surface area (Å²) in [5, 5.41) is 25.2. The topological polar surface area (TPSA) is 104 Å². The van der Waals surface area contributed by atoms with E-state index in [2.05, 4.69) is 10.6 Å². The van der Waals surface area contributed by atoms with Crippen molar-refractivity contribution in [2.45, 2.75) is 31.7 Å². The molecule has 2 rings (SSSR count). The van der Waals surface area contributed by atoms with Crippen LogP contribution in [0.5, 0.6) is 0 Å². The summed E-state index contributed by atoms with van der Waals surface area (Å²) in [4.78, 5) is 21.1. The van der Waals surface area contributed by atoms with E-state index in [1.165, 1.54) is 6.07 Å². The van der Waals surface area contributed by atoms with E-state index in [-0.39, 0.29) is 11.7 Å². The second-order valence-corrected chi connectivity index (χ2v) is 5.32. The van der Waals surface area contributed by atoms with E-state index < -0.39 is 11.0 Å². The minimum absolute atomic E-state index is 0.0322. The second kappa shape index (κ2) is 6.92. The Bertz CT molecular complexity index is 513. The Hall–Kier alpha value is -2.31. The molecule has 7 heteroatoms. The Morgan fingerprint density at radius 2 is 1.95 bits per heavy atom. The zero-order chi connectivity index (χ0) is 15.2. The molecule has 0 bridgehead atoms. The highest BCUT2D eigenvalue weighted by Gasteiger charge is 2.22. The van der Waals surface area contributed by atoms with Crippen LogP contribution in [-0.2, 0) is 0 Å². The highest BCUT2D eigenvalue weighted by Crippen LogP contribution is 2.27. The Balaban J connectivity index is 1.82. The molecule has 21 heavy (non-hydrogen) atoms.